The van der Waals surface area contributed by atoms with Crippen molar-refractivity contribution in [2.24, 2.45) is 0 Å². The Balaban J connectivity index is 0.00000225. The monoisotopic (exact) mass is 266 g/mol. The third kappa shape index (κ3) is 5.23. The zero-order chi connectivity index (χ0) is 11.3. The Morgan fingerprint density at radius 1 is 1.56 bits per heavy atom. The van der Waals surface area contributed by atoms with Gasteiger partial charge in [0, 0.05) is 17.6 Å². The van der Waals surface area contributed by atoms with Gasteiger partial charge in [0.05, 0.1) is 13.2 Å². The van der Waals surface area contributed by atoms with Crippen molar-refractivity contribution in [2.45, 2.75) is 13.0 Å². The van der Waals surface area contributed by atoms with Crippen molar-refractivity contribution >= 4 is 23.7 Å². The van der Waals surface area contributed by atoms with Crippen molar-refractivity contribution in [3.63, 3.8) is 0 Å². The van der Waals surface area contributed by atoms with E-state index in [1.54, 1.807) is 11.3 Å². The fraction of sp³-hybridized carbons (Fsp3) is 0.700. The Hall–Kier alpha value is -0.200. The normalized spacial score (nSPS) is 12.6. The Labute approximate surface area is 107 Å². The molecule has 1 unspecified atom stereocenters. The topological polar surface area (TPSA) is 45.6 Å². The van der Waals surface area contributed by atoms with E-state index in [0.717, 1.165) is 17.2 Å². The number of likely N-dealkylation sites (N-methyl/N-ethyl adjacent to an activating group) is 1. The molecule has 1 atom stereocenters. The highest BCUT2D eigenvalue weighted by atomic mass is 35.5. The van der Waals surface area contributed by atoms with Gasteiger partial charge in [0.2, 0.25) is 0 Å². The molecule has 0 aromatic carbocycles. The summed E-state index contributed by atoms with van der Waals surface area (Å²) in [5.74, 6) is 0. The Morgan fingerprint density at radius 2 is 2.25 bits per heavy atom. The third-order valence-electron chi connectivity index (χ3n) is 1.85. The third-order valence-corrected chi connectivity index (χ3v) is 2.91. The number of ether oxygens (including phenoxy) is 1. The number of aliphatic hydroxyl groups is 1. The number of aryl methyl sites for hydroxylation is 1. The Kier molecular flexibility index (Phi) is 7.87. The van der Waals surface area contributed by atoms with Crippen LogP contribution in [0.25, 0.3) is 0 Å². The molecule has 0 bridgehead atoms. The molecule has 0 fully saturated rings. The number of hydrogen-bond acceptors (Lipinski definition) is 5. The van der Waals surface area contributed by atoms with Gasteiger partial charge in [-0.1, -0.05) is 0 Å². The molecule has 0 radical (unpaired) electrons. The average Bonchev–Trinajstić information content (AvgIpc) is 2.58. The zero-order valence-corrected chi connectivity index (χ0v) is 11.5. The molecule has 6 heteroatoms. The highest BCUT2D eigenvalue weighted by Crippen LogP contribution is 2.21. The van der Waals surface area contributed by atoms with Crippen LogP contribution in [-0.2, 0) is 4.74 Å². The van der Waals surface area contributed by atoms with Crippen LogP contribution >= 0.6 is 23.7 Å². The fourth-order valence-electron chi connectivity index (χ4n) is 1.25. The molecule has 1 rings (SSSR count). The summed E-state index contributed by atoms with van der Waals surface area (Å²) in [4.78, 5) is 6.46. The van der Waals surface area contributed by atoms with E-state index in [2.05, 4.69) is 9.88 Å². The Bertz CT molecular complexity index is 294. The van der Waals surface area contributed by atoms with E-state index in [9.17, 15) is 0 Å². The first-order chi connectivity index (χ1) is 7.13. The minimum absolute atomic E-state index is 0. The molecule has 1 aromatic heterocycles. The summed E-state index contributed by atoms with van der Waals surface area (Å²) in [7, 11) is 3.99. The van der Waals surface area contributed by atoms with E-state index in [-0.39, 0.29) is 25.1 Å². The number of aliphatic hydroxyl groups excluding tert-OH is 1. The zero-order valence-electron chi connectivity index (χ0n) is 9.84. The minimum Gasteiger partial charge on any atom is -0.394 e. The van der Waals surface area contributed by atoms with Crippen LogP contribution < -0.4 is 0 Å². The van der Waals surface area contributed by atoms with Crippen molar-refractivity contribution in [1.82, 2.24) is 9.88 Å². The highest BCUT2D eigenvalue weighted by molar-refractivity contribution is 7.09. The van der Waals surface area contributed by atoms with Crippen LogP contribution in [0.15, 0.2) is 5.38 Å². The lowest BCUT2D eigenvalue weighted by molar-refractivity contribution is 0.0139. The highest BCUT2D eigenvalue weighted by Gasteiger charge is 2.16. The van der Waals surface area contributed by atoms with Gasteiger partial charge in [0.25, 0.3) is 0 Å². The predicted molar refractivity (Wildman–Crippen MR) is 68.4 cm³/mol. The van der Waals surface area contributed by atoms with E-state index in [1.165, 1.54) is 0 Å². The number of halogens is 1. The molecule has 0 amide bonds. The van der Waals surface area contributed by atoms with Crippen LogP contribution in [0.5, 0.6) is 0 Å². The quantitative estimate of drug-likeness (QED) is 0.847. The van der Waals surface area contributed by atoms with Crippen LogP contribution in [-0.4, -0.2) is 48.8 Å². The maximum absolute atomic E-state index is 8.75. The second-order valence-electron chi connectivity index (χ2n) is 3.67. The van der Waals surface area contributed by atoms with Crippen LogP contribution in [0.1, 0.15) is 16.8 Å². The first kappa shape index (κ1) is 15.8. The molecule has 0 spiro atoms. The first-order valence-corrected chi connectivity index (χ1v) is 5.80. The molecule has 1 heterocycles. The molecular formula is C10H19ClN2O2S. The maximum atomic E-state index is 8.75. The van der Waals surface area contributed by atoms with Crippen LogP contribution in [0.4, 0.5) is 0 Å². The summed E-state index contributed by atoms with van der Waals surface area (Å²) < 4.78 is 5.56. The van der Waals surface area contributed by atoms with E-state index < -0.39 is 0 Å². The molecule has 4 nitrogen and oxygen atoms in total. The lowest BCUT2D eigenvalue weighted by Crippen LogP contribution is -2.23. The van der Waals surface area contributed by atoms with Crippen molar-refractivity contribution < 1.29 is 9.84 Å². The van der Waals surface area contributed by atoms with Gasteiger partial charge in [0.15, 0.2) is 0 Å². The standard InChI is InChI=1S/C10H18N2O2S.ClH/c1-8-7-15-10(11-8)9(6-12(2)3)14-5-4-13;/h7,9,13H,4-6H2,1-3H3;1H. The van der Waals surface area contributed by atoms with E-state index in [1.807, 2.05) is 26.4 Å². The van der Waals surface area contributed by atoms with E-state index in [4.69, 9.17) is 9.84 Å². The molecule has 0 saturated heterocycles. The number of nitrogens with zero attached hydrogens (tertiary/aromatic N) is 2. The number of thiazole rings is 1. The summed E-state index contributed by atoms with van der Waals surface area (Å²) in [6, 6.07) is 0. The van der Waals surface area contributed by atoms with E-state index in [0.29, 0.717) is 6.61 Å². The van der Waals surface area contributed by atoms with Gasteiger partial charge >= 0.3 is 0 Å². The van der Waals surface area contributed by atoms with Crippen LogP contribution in [0.2, 0.25) is 0 Å². The molecule has 0 aliphatic carbocycles. The molecule has 16 heavy (non-hydrogen) atoms. The SMILES string of the molecule is Cc1csc(C(CN(C)C)OCCO)n1.Cl. The van der Waals surface area contributed by atoms with Crippen LogP contribution in [0, 0.1) is 6.92 Å². The summed E-state index contributed by atoms with van der Waals surface area (Å²) >= 11 is 1.61. The summed E-state index contributed by atoms with van der Waals surface area (Å²) in [5.41, 5.74) is 1.02. The molecule has 0 aliphatic heterocycles. The second kappa shape index (κ2) is 7.97. The smallest absolute Gasteiger partial charge is 0.123 e. The van der Waals surface area contributed by atoms with Crippen molar-refractivity contribution in [2.75, 3.05) is 33.9 Å². The van der Waals surface area contributed by atoms with Crippen molar-refractivity contribution in [1.29, 1.82) is 0 Å². The average molecular weight is 267 g/mol. The predicted octanol–water partition coefficient (Wildman–Crippen LogP) is 1.48. The number of aromatic nitrogens is 1. The molecule has 0 saturated carbocycles. The minimum atomic E-state index is -0.0363. The maximum Gasteiger partial charge on any atom is 0.123 e. The Morgan fingerprint density at radius 3 is 2.69 bits per heavy atom. The summed E-state index contributed by atoms with van der Waals surface area (Å²) in [5, 5.41) is 11.7. The number of hydrogen-bond donors (Lipinski definition) is 1. The first-order valence-electron chi connectivity index (χ1n) is 4.92. The van der Waals surface area contributed by atoms with Gasteiger partial charge < -0.3 is 14.7 Å². The van der Waals surface area contributed by atoms with Crippen LogP contribution in [0.3, 0.4) is 0 Å². The second-order valence-corrected chi connectivity index (χ2v) is 4.56. The lowest BCUT2D eigenvalue weighted by Gasteiger charge is -2.19. The van der Waals surface area contributed by atoms with Gasteiger partial charge in [0.1, 0.15) is 11.1 Å². The van der Waals surface area contributed by atoms with Gasteiger partial charge in [-0.05, 0) is 21.0 Å². The van der Waals surface area contributed by atoms with Gasteiger partial charge in [-0.3, -0.25) is 0 Å². The molecule has 94 valence electrons. The molecule has 1 N–H and O–H groups in total. The van der Waals surface area contributed by atoms with Crippen molar-refractivity contribution in [3.05, 3.63) is 16.1 Å². The number of rotatable bonds is 6. The van der Waals surface area contributed by atoms with E-state index >= 15 is 0 Å². The lowest BCUT2D eigenvalue weighted by atomic mass is 10.3. The molecular weight excluding hydrogens is 248 g/mol. The van der Waals surface area contributed by atoms with Gasteiger partial charge in [-0.25, -0.2) is 4.98 Å². The fourth-order valence-corrected chi connectivity index (χ4v) is 2.08. The molecule has 0 aliphatic rings. The molecule has 1 aromatic rings. The van der Waals surface area contributed by atoms with Gasteiger partial charge in [-0.15, -0.1) is 23.7 Å². The summed E-state index contributed by atoms with van der Waals surface area (Å²) in [6.07, 6.45) is -0.0363. The van der Waals surface area contributed by atoms with Gasteiger partial charge in [-0.2, -0.15) is 0 Å². The van der Waals surface area contributed by atoms with Crippen molar-refractivity contribution in [3.8, 4) is 0 Å². The largest absolute Gasteiger partial charge is 0.394 e. The summed E-state index contributed by atoms with van der Waals surface area (Å²) in [6.45, 7) is 3.16.